The van der Waals surface area contributed by atoms with E-state index in [1.807, 2.05) is 54.6 Å². The summed E-state index contributed by atoms with van der Waals surface area (Å²) in [5.41, 5.74) is 0.883. The van der Waals surface area contributed by atoms with Crippen LogP contribution in [0.3, 0.4) is 0 Å². The molecule has 0 amide bonds. The first-order valence-corrected chi connectivity index (χ1v) is 6.94. The molecule has 0 unspecified atom stereocenters. The van der Waals surface area contributed by atoms with E-state index in [-0.39, 0.29) is 5.56 Å². The third-order valence-corrected chi connectivity index (χ3v) is 4.07. The van der Waals surface area contributed by atoms with Gasteiger partial charge in [-0.05, 0) is 53.7 Å². The van der Waals surface area contributed by atoms with Crippen LogP contribution in [0.25, 0.3) is 10.9 Å². The molecule has 3 aromatic rings. The van der Waals surface area contributed by atoms with Crippen LogP contribution >= 0.6 is 23.5 Å². The maximum absolute atomic E-state index is 12.0. The number of pyridine rings is 1. The summed E-state index contributed by atoms with van der Waals surface area (Å²) in [6.07, 6.45) is 0. The summed E-state index contributed by atoms with van der Waals surface area (Å²) in [6, 6.07) is 18.7. The van der Waals surface area contributed by atoms with Gasteiger partial charge in [-0.2, -0.15) is 0 Å². The summed E-state index contributed by atoms with van der Waals surface area (Å²) >= 11 is 7.26. The number of nitrogens with zero attached hydrogens (tertiary/aromatic N) is 1. The number of aromatic nitrogens is 1. The van der Waals surface area contributed by atoms with Crippen molar-refractivity contribution in [3.63, 3.8) is 0 Å². The number of benzene rings is 2. The SMILES string of the molecule is O=c1ccc2ccccc2n1Sc1ccc(Cl)cc1. The molecule has 0 aliphatic carbocycles. The van der Waals surface area contributed by atoms with Crippen molar-refractivity contribution in [1.82, 2.24) is 3.97 Å². The van der Waals surface area contributed by atoms with Gasteiger partial charge >= 0.3 is 0 Å². The largest absolute Gasteiger partial charge is 0.268 e. The molecule has 0 N–H and O–H groups in total. The van der Waals surface area contributed by atoms with Gasteiger partial charge in [0.1, 0.15) is 0 Å². The van der Waals surface area contributed by atoms with Crippen molar-refractivity contribution in [3.8, 4) is 0 Å². The zero-order chi connectivity index (χ0) is 13.2. The summed E-state index contributed by atoms with van der Waals surface area (Å²) in [6.45, 7) is 0. The molecule has 0 saturated heterocycles. The standard InChI is InChI=1S/C15H10ClNOS/c16-12-6-8-13(9-7-12)19-17-14-4-2-1-3-11(14)5-10-15(17)18/h1-10H. The fraction of sp³-hybridized carbons (Fsp3) is 0. The van der Waals surface area contributed by atoms with Crippen LogP contribution in [0, 0.1) is 0 Å². The molecule has 2 nitrogen and oxygen atoms in total. The molecule has 1 heterocycles. The Morgan fingerprint density at radius 1 is 0.895 bits per heavy atom. The van der Waals surface area contributed by atoms with Gasteiger partial charge in [-0.1, -0.05) is 29.8 Å². The van der Waals surface area contributed by atoms with Crippen LogP contribution in [-0.2, 0) is 0 Å². The molecule has 0 spiro atoms. The molecular weight excluding hydrogens is 278 g/mol. The van der Waals surface area contributed by atoms with E-state index in [4.69, 9.17) is 11.6 Å². The van der Waals surface area contributed by atoms with E-state index in [0.29, 0.717) is 5.02 Å². The molecule has 0 fully saturated rings. The molecule has 0 bridgehead atoms. The number of hydrogen-bond acceptors (Lipinski definition) is 2. The van der Waals surface area contributed by atoms with Gasteiger partial charge in [-0.25, -0.2) is 3.97 Å². The topological polar surface area (TPSA) is 22.0 Å². The van der Waals surface area contributed by atoms with Gasteiger partial charge in [0.05, 0.1) is 5.52 Å². The van der Waals surface area contributed by atoms with Gasteiger partial charge in [0.2, 0.25) is 0 Å². The maximum Gasteiger partial charge on any atom is 0.261 e. The lowest BCUT2D eigenvalue weighted by atomic mass is 10.2. The van der Waals surface area contributed by atoms with Gasteiger partial charge in [-0.3, -0.25) is 4.79 Å². The first-order valence-electron chi connectivity index (χ1n) is 5.79. The Bertz CT molecular complexity index is 780. The van der Waals surface area contributed by atoms with Crippen LogP contribution < -0.4 is 5.56 Å². The first kappa shape index (κ1) is 12.3. The van der Waals surface area contributed by atoms with Crippen molar-refractivity contribution in [2.75, 3.05) is 0 Å². The highest BCUT2D eigenvalue weighted by molar-refractivity contribution is 7.98. The van der Waals surface area contributed by atoms with Gasteiger partial charge in [-0.15, -0.1) is 0 Å². The van der Waals surface area contributed by atoms with E-state index in [1.165, 1.54) is 11.9 Å². The minimum atomic E-state index is -0.0290. The van der Waals surface area contributed by atoms with Crippen molar-refractivity contribution in [1.29, 1.82) is 0 Å². The lowest BCUT2D eigenvalue weighted by molar-refractivity contribution is 1.20. The molecular formula is C15H10ClNOS. The molecule has 2 aromatic carbocycles. The third kappa shape index (κ3) is 2.53. The molecule has 4 heteroatoms. The van der Waals surface area contributed by atoms with Crippen LogP contribution in [0.5, 0.6) is 0 Å². The second-order valence-corrected chi connectivity index (χ2v) is 5.53. The molecule has 0 aliphatic heterocycles. The fourth-order valence-electron chi connectivity index (χ4n) is 1.86. The van der Waals surface area contributed by atoms with E-state index in [2.05, 4.69) is 0 Å². The summed E-state index contributed by atoms with van der Waals surface area (Å²) in [4.78, 5) is 13.0. The van der Waals surface area contributed by atoms with Crippen LogP contribution in [-0.4, -0.2) is 3.97 Å². The number of halogens is 1. The van der Waals surface area contributed by atoms with Crippen molar-refractivity contribution in [2.45, 2.75) is 4.90 Å². The Hall–Kier alpha value is -1.71. The van der Waals surface area contributed by atoms with E-state index >= 15 is 0 Å². The summed E-state index contributed by atoms with van der Waals surface area (Å²) < 4.78 is 1.69. The van der Waals surface area contributed by atoms with E-state index in [0.717, 1.165) is 15.8 Å². The lowest BCUT2D eigenvalue weighted by Crippen LogP contribution is -2.13. The van der Waals surface area contributed by atoms with E-state index in [9.17, 15) is 4.79 Å². The second kappa shape index (κ2) is 5.11. The highest BCUT2D eigenvalue weighted by atomic mass is 35.5. The average molecular weight is 288 g/mol. The quantitative estimate of drug-likeness (QED) is 0.704. The van der Waals surface area contributed by atoms with Crippen molar-refractivity contribution < 1.29 is 0 Å². The normalized spacial score (nSPS) is 10.8. The number of rotatable bonds is 2. The highest BCUT2D eigenvalue weighted by Crippen LogP contribution is 2.24. The Morgan fingerprint density at radius 3 is 2.42 bits per heavy atom. The fourth-order valence-corrected chi connectivity index (χ4v) is 2.87. The summed E-state index contributed by atoms with van der Waals surface area (Å²) in [5.74, 6) is 0. The Balaban J connectivity index is 2.12. The van der Waals surface area contributed by atoms with Crippen LogP contribution in [0.4, 0.5) is 0 Å². The molecule has 94 valence electrons. The maximum atomic E-state index is 12.0. The monoisotopic (exact) mass is 287 g/mol. The Morgan fingerprint density at radius 2 is 1.63 bits per heavy atom. The smallest absolute Gasteiger partial charge is 0.261 e. The molecule has 19 heavy (non-hydrogen) atoms. The zero-order valence-corrected chi connectivity index (χ0v) is 11.5. The van der Waals surface area contributed by atoms with Crippen molar-refractivity contribution >= 4 is 34.5 Å². The van der Waals surface area contributed by atoms with Gasteiger partial charge < -0.3 is 0 Å². The van der Waals surface area contributed by atoms with Crippen LogP contribution in [0.2, 0.25) is 5.02 Å². The second-order valence-electron chi connectivity index (χ2n) is 4.07. The molecule has 1 aromatic heterocycles. The molecule has 0 aliphatic rings. The average Bonchev–Trinajstić information content (AvgIpc) is 2.44. The third-order valence-electron chi connectivity index (χ3n) is 2.77. The molecule has 0 atom stereocenters. The van der Waals surface area contributed by atoms with Gasteiger partial charge in [0.25, 0.3) is 5.56 Å². The Kier molecular flexibility index (Phi) is 3.32. The minimum Gasteiger partial charge on any atom is -0.268 e. The van der Waals surface area contributed by atoms with Gasteiger partial charge in [0.15, 0.2) is 0 Å². The lowest BCUT2D eigenvalue weighted by Gasteiger charge is -2.08. The van der Waals surface area contributed by atoms with Crippen LogP contribution in [0.1, 0.15) is 0 Å². The van der Waals surface area contributed by atoms with E-state index < -0.39 is 0 Å². The predicted octanol–water partition coefficient (Wildman–Crippen LogP) is 4.21. The Labute approximate surface area is 119 Å². The first-order chi connectivity index (χ1) is 9.24. The zero-order valence-electron chi connectivity index (χ0n) is 9.92. The van der Waals surface area contributed by atoms with Crippen molar-refractivity contribution in [3.05, 3.63) is 76.0 Å². The number of fused-ring (bicyclic) bond motifs is 1. The molecule has 0 saturated carbocycles. The van der Waals surface area contributed by atoms with Gasteiger partial charge in [0, 0.05) is 16.0 Å². The highest BCUT2D eigenvalue weighted by Gasteiger charge is 2.04. The van der Waals surface area contributed by atoms with Crippen molar-refractivity contribution in [2.24, 2.45) is 0 Å². The number of para-hydroxylation sites is 1. The summed E-state index contributed by atoms with van der Waals surface area (Å²) in [7, 11) is 0. The number of hydrogen-bond donors (Lipinski definition) is 0. The summed E-state index contributed by atoms with van der Waals surface area (Å²) in [5, 5.41) is 1.73. The molecule has 0 radical (unpaired) electrons. The van der Waals surface area contributed by atoms with E-state index in [1.54, 1.807) is 10.0 Å². The van der Waals surface area contributed by atoms with Crippen LogP contribution in [0.15, 0.2) is 70.4 Å². The molecule has 3 rings (SSSR count). The minimum absolute atomic E-state index is 0.0290. The predicted molar refractivity (Wildman–Crippen MR) is 80.9 cm³/mol.